The number of ether oxygens (including phenoxy) is 2. The highest BCUT2D eigenvalue weighted by molar-refractivity contribution is 6.01. The van der Waals surface area contributed by atoms with Gasteiger partial charge in [-0.15, -0.1) is 0 Å². The maximum absolute atomic E-state index is 13.0. The van der Waals surface area contributed by atoms with Crippen molar-refractivity contribution in [2.75, 3.05) is 14.2 Å². The molecule has 0 aliphatic heterocycles. The van der Waals surface area contributed by atoms with Crippen molar-refractivity contribution in [2.24, 2.45) is 0 Å². The molecule has 5 nitrogen and oxygen atoms in total. The maximum atomic E-state index is 13.0. The summed E-state index contributed by atoms with van der Waals surface area (Å²) in [6.07, 6.45) is 6.53. The fourth-order valence-corrected chi connectivity index (χ4v) is 3.58. The Bertz CT molecular complexity index is 1010. The van der Waals surface area contributed by atoms with Crippen LogP contribution in [0.15, 0.2) is 59.7 Å². The molecule has 0 unspecified atom stereocenters. The molecule has 0 spiro atoms. The van der Waals surface area contributed by atoms with Crippen molar-refractivity contribution in [3.63, 3.8) is 0 Å². The first-order valence-electron chi connectivity index (χ1n) is 10.7. The van der Waals surface area contributed by atoms with Crippen LogP contribution in [-0.4, -0.2) is 31.1 Å². The second kappa shape index (κ2) is 11.9. The van der Waals surface area contributed by atoms with Crippen molar-refractivity contribution >= 4 is 11.8 Å². The van der Waals surface area contributed by atoms with Gasteiger partial charge in [0.1, 0.15) is 17.1 Å². The average molecular weight is 437 g/mol. The lowest BCUT2D eigenvalue weighted by atomic mass is 9.90. The van der Waals surface area contributed by atoms with E-state index in [0.717, 1.165) is 12.8 Å². The van der Waals surface area contributed by atoms with Gasteiger partial charge < -0.3 is 14.6 Å². The number of methoxy groups -OCH3 is 2. The summed E-state index contributed by atoms with van der Waals surface area (Å²) < 4.78 is 10.9. The summed E-state index contributed by atoms with van der Waals surface area (Å²) in [5.41, 5.74) is 4.13. The van der Waals surface area contributed by atoms with E-state index in [4.69, 9.17) is 9.47 Å². The van der Waals surface area contributed by atoms with Gasteiger partial charge in [0.2, 0.25) is 0 Å². The molecule has 0 atom stereocenters. The Labute approximate surface area is 190 Å². The standard InChI is InChI=1S/C27H32O5/c1-18(2)10-9-11-19(3)14-15-21-22(16-23(28)20-12-7-6-8-13-20)26(27(29)30)25(32-5)17-24(21)31-4/h6-8,10,12-14,17H,9,11,15-16H2,1-5H3,(H,29,30)/b19-14+. The molecule has 0 aliphatic carbocycles. The van der Waals surface area contributed by atoms with Gasteiger partial charge in [-0.2, -0.15) is 0 Å². The number of carbonyl (C=O) groups excluding carboxylic acids is 1. The van der Waals surface area contributed by atoms with Crippen molar-refractivity contribution in [2.45, 2.75) is 46.5 Å². The maximum Gasteiger partial charge on any atom is 0.339 e. The monoisotopic (exact) mass is 436 g/mol. The molecule has 0 radical (unpaired) electrons. The third-order valence-electron chi connectivity index (χ3n) is 5.30. The number of aromatic carboxylic acids is 1. The first-order chi connectivity index (χ1) is 15.3. The normalized spacial score (nSPS) is 11.1. The minimum Gasteiger partial charge on any atom is -0.496 e. The minimum absolute atomic E-state index is 0.00294. The van der Waals surface area contributed by atoms with Crippen LogP contribution in [0.25, 0.3) is 0 Å². The van der Waals surface area contributed by atoms with Crippen LogP contribution in [0.5, 0.6) is 11.5 Å². The quantitative estimate of drug-likeness (QED) is 0.342. The van der Waals surface area contributed by atoms with E-state index in [1.165, 1.54) is 25.4 Å². The molecular weight excluding hydrogens is 404 g/mol. The first-order valence-corrected chi connectivity index (χ1v) is 10.7. The molecular formula is C27H32O5. The van der Waals surface area contributed by atoms with Crippen LogP contribution >= 0.6 is 0 Å². The summed E-state index contributed by atoms with van der Waals surface area (Å²) >= 11 is 0. The van der Waals surface area contributed by atoms with Crippen LogP contribution in [0.2, 0.25) is 0 Å². The predicted molar refractivity (Wildman–Crippen MR) is 127 cm³/mol. The van der Waals surface area contributed by atoms with E-state index in [1.54, 1.807) is 30.3 Å². The number of carboxylic acid groups (broad SMARTS) is 1. The van der Waals surface area contributed by atoms with Gasteiger partial charge in [0.15, 0.2) is 5.78 Å². The number of carbonyl (C=O) groups is 2. The van der Waals surface area contributed by atoms with Crippen molar-refractivity contribution in [1.82, 2.24) is 0 Å². The lowest BCUT2D eigenvalue weighted by Gasteiger charge is -2.18. The molecule has 0 saturated heterocycles. The van der Waals surface area contributed by atoms with Gasteiger partial charge in [0, 0.05) is 23.6 Å². The van der Waals surface area contributed by atoms with Gasteiger partial charge >= 0.3 is 5.97 Å². The molecule has 2 rings (SSSR count). The Hall–Kier alpha value is -3.34. The second-order valence-corrected chi connectivity index (χ2v) is 7.96. The van der Waals surface area contributed by atoms with Crippen molar-refractivity contribution in [1.29, 1.82) is 0 Å². The molecule has 170 valence electrons. The zero-order chi connectivity index (χ0) is 23.7. The van der Waals surface area contributed by atoms with Crippen LogP contribution in [0.1, 0.15) is 65.5 Å². The SMILES string of the molecule is COc1cc(OC)c(C(=O)O)c(CC(=O)c2ccccc2)c1C/C=C(\C)CCC=C(C)C. The second-order valence-electron chi connectivity index (χ2n) is 7.96. The van der Waals surface area contributed by atoms with E-state index in [-0.39, 0.29) is 23.5 Å². The highest BCUT2D eigenvalue weighted by atomic mass is 16.5. The number of carboxylic acids is 1. The number of allylic oxidation sites excluding steroid dienone is 4. The molecule has 2 aromatic rings. The summed E-state index contributed by atoms with van der Waals surface area (Å²) in [5, 5.41) is 9.94. The van der Waals surface area contributed by atoms with Gasteiger partial charge in [-0.25, -0.2) is 4.79 Å². The highest BCUT2D eigenvalue weighted by Gasteiger charge is 2.25. The van der Waals surface area contributed by atoms with Crippen LogP contribution in [0.4, 0.5) is 0 Å². The Morgan fingerprint density at radius 2 is 1.59 bits per heavy atom. The van der Waals surface area contributed by atoms with Gasteiger partial charge in [0.25, 0.3) is 0 Å². The molecule has 5 heteroatoms. The molecule has 0 heterocycles. The van der Waals surface area contributed by atoms with Gasteiger partial charge in [-0.05, 0) is 45.6 Å². The van der Waals surface area contributed by atoms with Crippen LogP contribution in [0, 0.1) is 0 Å². The van der Waals surface area contributed by atoms with E-state index in [9.17, 15) is 14.7 Å². The van der Waals surface area contributed by atoms with E-state index >= 15 is 0 Å². The molecule has 0 aromatic heterocycles. The van der Waals surface area contributed by atoms with Crippen LogP contribution in [0.3, 0.4) is 0 Å². The van der Waals surface area contributed by atoms with Crippen LogP contribution < -0.4 is 9.47 Å². The lowest BCUT2D eigenvalue weighted by molar-refractivity contribution is 0.0692. The third kappa shape index (κ3) is 6.58. The Kier molecular flexibility index (Phi) is 9.26. The van der Waals surface area contributed by atoms with E-state index in [0.29, 0.717) is 28.9 Å². The molecule has 2 aromatic carbocycles. The highest BCUT2D eigenvalue weighted by Crippen LogP contribution is 2.35. The van der Waals surface area contributed by atoms with Gasteiger partial charge in [-0.3, -0.25) is 4.79 Å². The lowest BCUT2D eigenvalue weighted by Crippen LogP contribution is -2.14. The fraction of sp³-hybridized carbons (Fsp3) is 0.333. The Morgan fingerprint density at radius 1 is 0.938 bits per heavy atom. The molecule has 0 fully saturated rings. The first kappa shape index (κ1) is 24.9. The number of hydrogen-bond donors (Lipinski definition) is 1. The summed E-state index contributed by atoms with van der Waals surface area (Å²) in [4.78, 5) is 25.1. The van der Waals surface area contributed by atoms with E-state index in [2.05, 4.69) is 32.9 Å². The Balaban J connectivity index is 2.52. The smallest absolute Gasteiger partial charge is 0.339 e. The summed E-state index contributed by atoms with van der Waals surface area (Å²) in [7, 11) is 2.95. The summed E-state index contributed by atoms with van der Waals surface area (Å²) in [5.74, 6) is -0.603. The molecule has 0 amide bonds. The third-order valence-corrected chi connectivity index (χ3v) is 5.30. The number of rotatable bonds is 11. The zero-order valence-corrected chi connectivity index (χ0v) is 19.5. The number of Topliss-reactive ketones (excluding diaryl/α,β-unsaturated/α-hetero) is 1. The van der Waals surface area contributed by atoms with Crippen molar-refractivity contribution in [3.8, 4) is 11.5 Å². The summed E-state index contributed by atoms with van der Waals surface area (Å²) in [6.45, 7) is 6.21. The molecule has 1 N–H and O–H groups in total. The van der Waals surface area contributed by atoms with Crippen molar-refractivity contribution < 1.29 is 24.2 Å². The zero-order valence-electron chi connectivity index (χ0n) is 19.5. The molecule has 0 bridgehead atoms. The van der Waals surface area contributed by atoms with Gasteiger partial charge in [0.05, 0.1) is 14.2 Å². The molecule has 32 heavy (non-hydrogen) atoms. The van der Waals surface area contributed by atoms with Gasteiger partial charge in [-0.1, -0.05) is 53.6 Å². The summed E-state index contributed by atoms with van der Waals surface area (Å²) in [6, 6.07) is 10.5. The predicted octanol–water partition coefficient (Wildman–Crippen LogP) is 6.06. The Morgan fingerprint density at radius 3 is 2.16 bits per heavy atom. The largest absolute Gasteiger partial charge is 0.496 e. The van der Waals surface area contributed by atoms with E-state index < -0.39 is 5.97 Å². The number of hydrogen-bond acceptors (Lipinski definition) is 4. The minimum atomic E-state index is -1.13. The average Bonchev–Trinajstić information content (AvgIpc) is 2.77. The van der Waals surface area contributed by atoms with Crippen molar-refractivity contribution in [3.05, 3.63) is 82.0 Å². The number of ketones is 1. The van der Waals surface area contributed by atoms with E-state index in [1.807, 2.05) is 6.07 Å². The van der Waals surface area contributed by atoms with Crippen LogP contribution in [-0.2, 0) is 12.8 Å². The molecule has 0 aliphatic rings. The number of benzene rings is 2. The fourth-order valence-electron chi connectivity index (χ4n) is 3.58. The molecule has 0 saturated carbocycles. The topological polar surface area (TPSA) is 72.8 Å².